The Morgan fingerprint density at radius 1 is 1.27 bits per heavy atom. The lowest BCUT2D eigenvalue weighted by molar-refractivity contribution is -0.132. The number of aryl methyl sites for hydroxylation is 2. The molecule has 1 atom stereocenters. The number of benzene rings is 1. The Morgan fingerprint density at radius 3 is 2.90 bits per heavy atom. The van der Waals surface area contributed by atoms with E-state index in [0.717, 1.165) is 36.2 Å². The molecule has 6 nitrogen and oxygen atoms in total. The maximum atomic E-state index is 13.4. The predicted molar refractivity (Wildman–Crippen MR) is 109 cm³/mol. The van der Waals surface area contributed by atoms with Gasteiger partial charge in [0.05, 0.1) is 0 Å². The number of hydrogen-bond donors (Lipinski definition) is 0. The molecule has 1 saturated heterocycles. The highest BCUT2D eigenvalue weighted by Crippen LogP contribution is 2.26. The molecular formula is C23H25FN4O2. The molecule has 7 heteroatoms. The summed E-state index contributed by atoms with van der Waals surface area (Å²) in [6, 6.07) is 10.7. The van der Waals surface area contributed by atoms with Crippen LogP contribution in [0.15, 0.2) is 47.1 Å². The van der Waals surface area contributed by atoms with Gasteiger partial charge in [0, 0.05) is 43.7 Å². The number of halogens is 1. The van der Waals surface area contributed by atoms with Crippen molar-refractivity contribution in [2.45, 2.75) is 44.9 Å². The van der Waals surface area contributed by atoms with E-state index >= 15 is 0 Å². The number of piperidine rings is 1. The lowest BCUT2D eigenvalue weighted by atomic mass is 9.93. The van der Waals surface area contributed by atoms with E-state index in [4.69, 9.17) is 4.52 Å². The normalized spacial score (nSPS) is 16.6. The van der Waals surface area contributed by atoms with Gasteiger partial charge in [-0.05, 0) is 55.5 Å². The van der Waals surface area contributed by atoms with Crippen molar-refractivity contribution in [1.82, 2.24) is 20.0 Å². The number of carbonyl (C=O) groups excluding carboxylic acids is 1. The highest BCUT2D eigenvalue weighted by atomic mass is 19.1. The summed E-state index contributed by atoms with van der Waals surface area (Å²) in [5.74, 6) is 1.21. The molecule has 1 fully saturated rings. The molecule has 0 bridgehead atoms. The number of nitrogens with zero attached hydrogens (tertiary/aromatic N) is 4. The molecule has 2 aromatic heterocycles. The average molecular weight is 408 g/mol. The second-order valence-electron chi connectivity index (χ2n) is 7.81. The summed E-state index contributed by atoms with van der Waals surface area (Å²) >= 11 is 0. The van der Waals surface area contributed by atoms with Crippen molar-refractivity contribution < 1.29 is 13.7 Å². The quantitative estimate of drug-likeness (QED) is 0.620. The zero-order valence-electron chi connectivity index (χ0n) is 17.1. The van der Waals surface area contributed by atoms with Crippen LogP contribution in [0.5, 0.6) is 0 Å². The summed E-state index contributed by atoms with van der Waals surface area (Å²) in [4.78, 5) is 23.3. The van der Waals surface area contributed by atoms with Crippen LogP contribution in [-0.2, 0) is 17.6 Å². The zero-order valence-corrected chi connectivity index (χ0v) is 17.1. The minimum absolute atomic E-state index is 0.110. The van der Waals surface area contributed by atoms with Crippen molar-refractivity contribution in [2.75, 3.05) is 13.1 Å². The lowest BCUT2D eigenvalue weighted by Crippen LogP contribution is -2.39. The zero-order chi connectivity index (χ0) is 20.9. The van der Waals surface area contributed by atoms with E-state index in [-0.39, 0.29) is 17.6 Å². The number of rotatable bonds is 6. The first-order valence-electron chi connectivity index (χ1n) is 10.3. The first-order valence-corrected chi connectivity index (χ1v) is 10.3. The summed E-state index contributed by atoms with van der Waals surface area (Å²) < 4.78 is 18.5. The fourth-order valence-corrected chi connectivity index (χ4v) is 3.92. The molecule has 0 spiro atoms. The molecule has 0 radical (unpaired) electrons. The number of aromatic nitrogens is 3. The van der Waals surface area contributed by atoms with Crippen LogP contribution >= 0.6 is 0 Å². The molecule has 0 saturated carbocycles. The highest BCUT2D eigenvalue weighted by Gasteiger charge is 2.25. The van der Waals surface area contributed by atoms with E-state index in [1.165, 1.54) is 6.07 Å². The van der Waals surface area contributed by atoms with Gasteiger partial charge in [0.2, 0.25) is 11.8 Å². The van der Waals surface area contributed by atoms with Crippen molar-refractivity contribution in [2.24, 2.45) is 0 Å². The van der Waals surface area contributed by atoms with Crippen LogP contribution in [-0.4, -0.2) is 39.0 Å². The molecule has 4 rings (SSSR count). The third kappa shape index (κ3) is 5.09. The number of carbonyl (C=O) groups is 1. The monoisotopic (exact) mass is 408 g/mol. The number of hydrogen-bond acceptors (Lipinski definition) is 5. The molecule has 0 unspecified atom stereocenters. The van der Waals surface area contributed by atoms with Crippen molar-refractivity contribution in [3.63, 3.8) is 0 Å². The van der Waals surface area contributed by atoms with Gasteiger partial charge >= 0.3 is 0 Å². The van der Waals surface area contributed by atoms with E-state index < -0.39 is 0 Å². The highest BCUT2D eigenvalue weighted by molar-refractivity contribution is 5.76. The molecule has 3 heterocycles. The summed E-state index contributed by atoms with van der Waals surface area (Å²) in [6.45, 7) is 3.22. The summed E-state index contributed by atoms with van der Waals surface area (Å²) in [5.41, 5.74) is 2.97. The summed E-state index contributed by atoms with van der Waals surface area (Å²) in [6.07, 6.45) is 5.32. The van der Waals surface area contributed by atoms with Gasteiger partial charge in [0.25, 0.3) is 0 Å². The lowest BCUT2D eigenvalue weighted by Gasteiger charge is -2.32. The predicted octanol–water partition coefficient (Wildman–Crippen LogP) is 3.84. The molecule has 0 aliphatic carbocycles. The van der Waals surface area contributed by atoms with Crippen LogP contribution in [0.4, 0.5) is 4.39 Å². The topological polar surface area (TPSA) is 72.1 Å². The molecule has 156 valence electrons. The maximum Gasteiger partial charge on any atom is 0.227 e. The summed E-state index contributed by atoms with van der Waals surface area (Å²) in [7, 11) is 0. The maximum absolute atomic E-state index is 13.4. The number of likely N-dealkylation sites (tertiary alicyclic amines) is 1. The second-order valence-corrected chi connectivity index (χ2v) is 7.81. The Morgan fingerprint density at radius 2 is 2.17 bits per heavy atom. The largest absolute Gasteiger partial charge is 0.342 e. The number of pyridine rings is 1. The van der Waals surface area contributed by atoms with E-state index in [2.05, 4.69) is 15.1 Å². The molecule has 3 aromatic rings. The Hall–Kier alpha value is -3.09. The molecule has 1 aromatic carbocycles. The Labute approximate surface area is 175 Å². The van der Waals surface area contributed by atoms with Gasteiger partial charge in [-0.25, -0.2) is 4.39 Å². The van der Waals surface area contributed by atoms with Gasteiger partial charge in [0.1, 0.15) is 5.82 Å². The molecule has 1 amide bonds. The van der Waals surface area contributed by atoms with Crippen molar-refractivity contribution >= 4 is 5.91 Å². The van der Waals surface area contributed by atoms with E-state index in [1.54, 1.807) is 19.1 Å². The first kappa shape index (κ1) is 20.2. The molecular weight excluding hydrogens is 383 g/mol. The average Bonchev–Trinajstić information content (AvgIpc) is 3.18. The van der Waals surface area contributed by atoms with Crippen LogP contribution in [0, 0.1) is 12.7 Å². The van der Waals surface area contributed by atoms with E-state index in [9.17, 15) is 9.18 Å². The van der Waals surface area contributed by atoms with Gasteiger partial charge in [0.15, 0.2) is 5.82 Å². The second kappa shape index (κ2) is 9.15. The summed E-state index contributed by atoms with van der Waals surface area (Å²) in [5, 5.41) is 3.76. The Kier molecular flexibility index (Phi) is 6.16. The molecule has 30 heavy (non-hydrogen) atoms. The van der Waals surface area contributed by atoms with E-state index in [0.29, 0.717) is 37.5 Å². The Balaban J connectivity index is 1.33. The van der Waals surface area contributed by atoms with Crippen molar-refractivity contribution in [3.05, 3.63) is 76.9 Å². The Bertz CT molecular complexity index is 1000. The van der Waals surface area contributed by atoms with Crippen molar-refractivity contribution in [1.29, 1.82) is 0 Å². The fourth-order valence-electron chi connectivity index (χ4n) is 3.92. The van der Waals surface area contributed by atoms with Crippen LogP contribution in [0.3, 0.4) is 0 Å². The van der Waals surface area contributed by atoms with Crippen LogP contribution in [0.1, 0.15) is 53.7 Å². The van der Waals surface area contributed by atoms with Gasteiger partial charge in [-0.2, -0.15) is 4.98 Å². The van der Waals surface area contributed by atoms with Crippen LogP contribution < -0.4 is 0 Å². The molecule has 0 N–H and O–H groups in total. The van der Waals surface area contributed by atoms with Gasteiger partial charge in [-0.1, -0.05) is 23.4 Å². The fraction of sp³-hybridized carbons (Fsp3) is 0.391. The standard InChI is InChI=1S/C23H25FN4O2/c1-16-26-22(30-27-16)9-10-23(29)28-11-3-5-19(15-28)21-8-7-18(14-25-21)12-17-4-2-6-20(24)13-17/h2,4,6-8,13-14,19H,3,5,9-12,15H2,1H3/t19-/m0/s1. The molecule has 1 aliphatic heterocycles. The minimum atomic E-state index is -0.224. The van der Waals surface area contributed by atoms with Crippen LogP contribution in [0.25, 0.3) is 0 Å². The third-order valence-electron chi connectivity index (χ3n) is 5.46. The van der Waals surface area contributed by atoms with E-state index in [1.807, 2.05) is 29.3 Å². The first-order chi connectivity index (χ1) is 14.6. The van der Waals surface area contributed by atoms with Gasteiger partial charge in [-0.15, -0.1) is 0 Å². The SMILES string of the molecule is Cc1noc(CCC(=O)N2CCC[C@H](c3ccc(Cc4cccc(F)c4)cn3)C2)n1. The number of amides is 1. The third-order valence-corrected chi connectivity index (χ3v) is 5.46. The van der Waals surface area contributed by atoms with Crippen LogP contribution in [0.2, 0.25) is 0 Å². The van der Waals surface area contributed by atoms with Gasteiger partial charge < -0.3 is 9.42 Å². The minimum Gasteiger partial charge on any atom is -0.342 e. The van der Waals surface area contributed by atoms with Gasteiger partial charge in [-0.3, -0.25) is 9.78 Å². The molecule has 1 aliphatic rings. The smallest absolute Gasteiger partial charge is 0.227 e. The van der Waals surface area contributed by atoms with Crippen molar-refractivity contribution in [3.8, 4) is 0 Å².